The van der Waals surface area contributed by atoms with E-state index in [4.69, 9.17) is 14.2 Å². The SMILES string of the molecule is CC/C=C\C/C=C\C/C=C\C/C=C\C/C=C\C/C=C\CCC(=O)OC(COC(=O)CCCCCCCCCCC)COC(=O)CCCCCCCCCCCCCCCCCCCCCCCCC/C=C\C/C=C\CCCCCCC. The van der Waals surface area contributed by atoms with Crippen molar-refractivity contribution in [1.29, 1.82) is 0 Å². The lowest BCUT2D eigenvalue weighted by Crippen LogP contribution is -2.30. The molecule has 0 aliphatic heterocycles. The second-order valence-corrected chi connectivity index (χ2v) is 23.1. The average molecular weight is 1130 g/mol. The lowest BCUT2D eigenvalue weighted by atomic mass is 10.0. The van der Waals surface area contributed by atoms with E-state index in [0.717, 1.165) is 83.5 Å². The van der Waals surface area contributed by atoms with Crippen LogP contribution in [-0.2, 0) is 28.6 Å². The maximum absolute atomic E-state index is 12.8. The fraction of sp³-hybridized carbons (Fsp3) is 0.747. The molecule has 0 heterocycles. The maximum Gasteiger partial charge on any atom is 0.306 e. The van der Waals surface area contributed by atoms with Crippen molar-refractivity contribution in [2.45, 2.75) is 348 Å². The van der Waals surface area contributed by atoms with Gasteiger partial charge in [0.1, 0.15) is 13.2 Å². The molecule has 0 aromatic heterocycles. The van der Waals surface area contributed by atoms with Crippen molar-refractivity contribution in [2.24, 2.45) is 0 Å². The fourth-order valence-corrected chi connectivity index (χ4v) is 9.91. The summed E-state index contributed by atoms with van der Waals surface area (Å²) in [4.78, 5) is 38.2. The van der Waals surface area contributed by atoms with Gasteiger partial charge in [-0.15, -0.1) is 0 Å². The van der Waals surface area contributed by atoms with Crippen LogP contribution in [-0.4, -0.2) is 37.2 Å². The molecule has 466 valence electrons. The number of esters is 3. The van der Waals surface area contributed by atoms with E-state index in [-0.39, 0.29) is 37.5 Å². The zero-order valence-corrected chi connectivity index (χ0v) is 53.5. The van der Waals surface area contributed by atoms with Crippen molar-refractivity contribution < 1.29 is 28.6 Å². The van der Waals surface area contributed by atoms with Gasteiger partial charge in [-0.05, 0) is 89.9 Å². The molecule has 0 saturated carbocycles. The Bertz CT molecular complexity index is 1580. The number of unbranched alkanes of at least 4 members (excludes halogenated alkanes) is 36. The van der Waals surface area contributed by atoms with Crippen molar-refractivity contribution in [3.63, 3.8) is 0 Å². The first-order valence-electron chi connectivity index (χ1n) is 34.7. The van der Waals surface area contributed by atoms with Crippen LogP contribution in [0.15, 0.2) is 97.2 Å². The molecule has 0 amide bonds. The topological polar surface area (TPSA) is 78.9 Å². The van der Waals surface area contributed by atoms with Gasteiger partial charge in [-0.1, -0.05) is 330 Å². The monoisotopic (exact) mass is 1130 g/mol. The Hall–Kier alpha value is -3.67. The highest BCUT2D eigenvalue weighted by atomic mass is 16.6. The standard InChI is InChI=1S/C75H130O6/c1-4-7-10-13-16-19-21-23-25-27-29-30-31-32-33-34-35-36-37-38-39-40-41-42-43-44-46-47-49-51-53-56-59-62-65-68-74(77)80-71-72(70-79-73(76)67-64-61-58-55-18-15-12-9-6-3)81-75(78)69-66-63-60-57-54-52-50-48-45-28-26-24-22-20-17-14-11-8-5-2/h8,11,17,20-21,23-24,26-27,29,45,48,52,54,60,63,72H,4-7,9-10,12-16,18-19,22,25,28,30-44,46-47,49-51,53,55-59,61-62,64-71H2,1-3H3/b11-8-,20-17-,23-21-,26-24-,29-27-,48-45-,54-52-,63-60-. The van der Waals surface area contributed by atoms with Crippen LogP contribution in [0.1, 0.15) is 342 Å². The summed E-state index contributed by atoms with van der Waals surface area (Å²) in [6, 6.07) is 0. The Balaban J connectivity index is 4.10. The van der Waals surface area contributed by atoms with E-state index in [9.17, 15) is 14.4 Å². The minimum absolute atomic E-state index is 0.104. The molecule has 0 aromatic rings. The van der Waals surface area contributed by atoms with Crippen LogP contribution in [0.2, 0.25) is 0 Å². The number of carbonyl (C=O) groups is 3. The second kappa shape index (κ2) is 68.8. The first-order valence-corrected chi connectivity index (χ1v) is 34.7. The Morgan fingerprint density at radius 3 is 0.802 bits per heavy atom. The minimum Gasteiger partial charge on any atom is -0.462 e. The van der Waals surface area contributed by atoms with Crippen molar-refractivity contribution in [1.82, 2.24) is 0 Å². The van der Waals surface area contributed by atoms with Gasteiger partial charge in [-0.25, -0.2) is 0 Å². The third-order valence-electron chi connectivity index (χ3n) is 15.1. The maximum atomic E-state index is 12.8. The summed E-state index contributed by atoms with van der Waals surface area (Å²) < 4.78 is 16.8. The highest BCUT2D eigenvalue weighted by Crippen LogP contribution is 2.17. The predicted octanol–water partition coefficient (Wildman–Crippen LogP) is 24.0. The first kappa shape index (κ1) is 77.3. The van der Waals surface area contributed by atoms with Gasteiger partial charge in [0.05, 0.1) is 0 Å². The summed E-state index contributed by atoms with van der Waals surface area (Å²) in [7, 11) is 0. The molecule has 0 bridgehead atoms. The molecule has 0 spiro atoms. The molecule has 0 saturated heterocycles. The van der Waals surface area contributed by atoms with Crippen molar-refractivity contribution in [2.75, 3.05) is 13.2 Å². The van der Waals surface area contributed by atoms with Crippen LogP contribution in [0.4, 0.5) is 0 Å². The van der Waals surface area contributed by atoms with E-state index in [1.165, 1.54) is 212 Å². The normalized spacial score (nSPS) is 12.7. The first-order chi connectivity index (χ1) is 40.0. The Labute approximate surface area is 502 Å². The van der Waals surface area contributed by atoms with Gasteiger partial charge >= 0.3 is 17.9 Å². The lowest BCUT2D eigenvalue weighted by Gasteiger charge is -2.18. The summed E-state index contributed by atoms with van der Waals surface area (Å²) in [5.74, 6) is -0.980. The Kier molecular flexibility index (Phi) is 65.7. The van der Waals surface area contributed by atoms with Crippen molar-refractivity contribution >= 4 is 17.9 Å². The number of hydrogen-bond acceptors (Lipinski definition) is 6. The molecule has 0 radical (unpaired) electrons. The van der Waals surface area contributed by atoms with E-state index in [0.29, 0.717) is 19.3 Å². The molecule has 81 heavy (non-hydrogen) atoms. The van der Waals surface area contributed by atoms with E-state index in [1.807, 2.05) is 6.08 Å². The van der Waals surface area contributed by atoms with Crippen LogP contribution in [0, 0.1) is 0 Å². The van der Waals surface area contributed by atoms with Crippen molar-refractivity contribution in [3.8, 4) is 0 Å². The van der Waals surface area contributed by atoms with Crippen LogP contribution in [0.3, 0.4) is 0 Å². The van der Waals surface area contributed by atoms with Crippen LogP contribution < -0.4 is 0 Å². The number of hydrogen-bond donors (Lipinski definition) is 0. The highest BCUT2D eigenvalue weighted by molar-refractivity contribution is 5.71. The Morgan fingerprint density at radius 2 is 0.506 bits per heavy atom. The molecule has 0 rings (SSSR count). The largest absolute Gasteiger partial charge is 0.462 e. The number of carbonyl (C=O) groups excluding carboxylic acids is 3. The molecule has 0 aliphatic carbocycles. The van der Waals surface area contributed by atoms with Gasteiger partial charge in [0.15, 0.2) is 6.10 Å². The molecule has 6 heteroatoms. The summed E-state index contributed by atoms with van der Waals surface area (Å²) in [5, 5.41) is 0. The van der Waals surface area contributed by atoms with Crippen LogP contribution in [0.5, 0.6) is 0 Å². The summed E-state index contributed by atoms with van der Waals surface area (Å²) >= 11 is 0. The highest BCUT2D eigenvalue weighted by Gasteiger charge is 2.19. The molecule has 1 unspecified atom stereocenters. The molecule has 0 fully saturated rings. The van der Waals surface area contributed by atoms with Gasteiger partial charge in [0, 0.05) is 19.3 Å². The molecular formula is C75H130O6. The summed E-state index contributed by atoms with van der Waals surface area (Å²) in [5.41, 5.74) is 0. The van der Waals surface area contributed by atoms with Crippen LogP contribution in [0.25, 0.3) is 0 Å². The zero-order valence-electron chi connectivity index (χ0n) is 53.5. The second-order valence-electron chi connectivity index (χ2n) is 23.1. The molecule has 6 nitrogen and oxygen atoms in total. The number of rotatable bonds is 63. The molecule has 0 aromatic carbocycles. The minimum atomic E-state index is -0.815. The van der Waals surface area contributed by atoms with E-state index in [2.05, 4.69) is 112 Å². The van der Waals surface area contributed by atoms with E-state index < -0.39 is 6.10 Å². The number of ether oxygens (including phenoxy) is 3. The fourth-order valence-electron chi connectivity index (χ4n) is 9.91. The smallest absolute Gasteiger partial charge is 0.306 e. The van der Waals surface area contributed by atoms with Gasteiger partial charge in [0.25, 0.3) is 0 Å². The number of allylic oxidation sites excluding steroid dienone is 16. The molecule has 0 N–H and O–H groups in total. The molecule has 0 aliphatic rings. The summed E-state index contributed by atoms with van der Waals surface area (Å²) in [6.07, 6.45) is 93.4. The van der Waals surface area contributed by atoms with Crippen molar-refractivity contribution in [3.05, 3.63) is 97.2 Å². The van der Waals surface area contributed by atoms with E-state index >= 15 is 0 Å². The zero-order chi connectivity index (χ0) is 58.5. The Morgan fingerprint density at radius 1 is 0.259 bits per heavy atom. The van der Waals surface area contributed by atoms with Gasteiger partial charge in [-0.2, -0.15) is 0 Å². The van der Waals surface area contributed by atoms with Crippen LogP contribution >= 0.6 is 0 Å². The van der Waals surface area contributed by atoms with E-state index in [1.54, 1.807) is 0 Å². The lowest BCUT2D eigenvalue weighted by molar-refractivity contribution is -0.166. The summed E-state index contributed by atoms with van der Waals surface area (Å²) in [6.45, 7) is 6.46. The van der Waals surface area contributed by atoms with Gasteiger partial charge < -0.3 is 14.2 Å². The third kappa shape index (κ3) is 67.0. The predicted molar refractivity (Wildman–Crippen MR) is 353 cm³/mol. The average Bonchev–Trinajstić information content (AvgIpc) is 3.47. The van der Waals surface area contributed by atoms with Gasteiger partial charge in [-0.3, -0.25) is 14.4 Å². The quantitative estimate of drug-likeness (QED) is 0.0261. The third-order valence-corrected chi connectivity index (χ3v) is 15.1. The molecule has 1 atom stereocenters. The molecular weight excluding hydrogens is 997 g/mol. The van der Waals surface area contributed by atoms with Gasteiger partial charge in [0.2, 0.25) is 0 Å².